The molecule has 0 saturated carbocycles. The number of esters is 4. The minimum Gasteiger partial charge on any atom is -0.508 e. The van der Waals surface area contributed by atoms with Crippen LogP contribution in [0.3, 0.4) is 0 Å². The molecule has 0 spiro atoms. The van der Waals surface area contributed by atoms with Gasteiger partial charge in [-0.25, -0.2) is 0 Å². The van der Waals surface area contributed by atoms with Crippen molar-refractivity contribution in [2.24, 2.45) is 0 Å². The van der Waals surface area contributed by atoms with Crippen LogP contribution in [0.15, 0.2) is 39.5 Å². The van der Waals surface area contributed by atoms with E-state index in [0.29, 0.717) is 0 Å². The third kappa shape index (κ3) is 8.84. The van der Waals surface area contributed by atoms with Crippen molar-refractivity contribution < 1.29 is 92.1 Å². The number of aliphatic hydroxyl groups is 2. The second-order valence-electron chi connectivity index (χ2n) is 12.6. The van der Waals surface area contributed by atoms with E-state index in [-0.39, 0.29) is 11.1 Å². The molecule has 10 atom stereocenters. The van der Waals surface area contributed by atoms with Crippen molar-refractivity contribution in [1.29, 1.82) is 0 Å². The van der Waals surface area contributed by atoms with Gasteiger partial charge in [-0.15, -0.1) is 0 Å². The highest BCUT2D eigenvalue weighted by molar-refractivity contribution is 5.88. The SMILES string of the molecule is CC(=O)OC1C(COC2OC(C)C(OC(C)=O)C(OC(C)=O)C2OC(C)=O)OC(Oc2c(-c3ccc(O)c(O)c3)oc3cc(O)cc(O)c3c2=O)C(O)C1O. The van der Waals surface area contributed by atoms with Gasteiger partial charge in [-0.2, -0.15) is 0 Å². The van der Waals surface area contributed by atoms with E-state index in [1.165, 1.54) is 13.0 Å². The Morgan fingerprint density at radius 1 is 0.691 bits per heavy atom. The number of phenols is 4. The minimum absolute atomic E-state index is 0.0786. The molecule has 2 aliphatic heterocycles. The fourth-order valence-electron chi connectivity index (χ4n) is 6.11. The van der Waals surface area contributed by atoms with Gasteiger partial charge in [-0.05, 0) is 25.1 Å². The van der Waals surface area contributed by atoms with Gasteiger partial charge in [0, 0.05) is 45.4 Å². The monoisotopic (exact) mass is 778 g/mol. The minimum atomic E-state index is -2.07. The maximum absolute atomic E-state index is 13.9. The Morgan fingerprint density at radius 2 is 1.29 bits per heavy atom. The summed E-state index contributed by atoms with van der Waals surface area (Å²) < 4.78 is 50.6. The number of fused-ring (bicyclic) bond motifs is 1. The van der Waals surface area contributed by atoms with Crippen LogP contribution in [0.5, 0.6) is 28.7 Å². The molecule has 0 aliphatic carbocycles. The number of phenolic OH excluding ortho intramolecular Hbond substituents is 4. The van der Waals surface area contributed by atoms with Crippen molar-refractivity contribution >= 4 is 34.8 Å². The number of carbonyl (C=O) groups is 4. The van der Waals surface area contributed by atoms with E-state index in [9.17, 15) is 54.6 Å². The van der Waals surface area contributed by atoms with E-state index in [0.717, 1.165) is 52.0 Å². The first-order valence-corrected chi connectivity index (χ1v) is 16.6. The first-order valence-electron chi connectivity index (χ1n) is 16.6. The standard InChI is InChI=1S/C35H38O20/c1-12-28(49-13(2)36)32(51-15(4)38)33(52-16(5)39)35(48-12)47-11-23-30(50-14(3)37)26(45)27(46)34(54-23)55-31-25(44)24-21(43)9-18(40)10-22(24)53-29(31)17-6-7-19(41)20(42)8-17/h6-10,12,23,26-28,30,32-35,40-43,45-46H,11H2,1-5H3. The van der Waals surface area contributed by atoms with E-state index >= 15 is 0 Å². The van der Waals surface area contributed by atoms with Crippen LogP contribution in [-0.4, -0.2) is 123 Å². The molecule has 1 aromatic heterocycles. The lowest BCUT2D eigenvalue weighted by molar-refractivity contribution is -0.322. The lowest BCUT2D eigenvalue weighted by Crippen LogP contribution is -2.63. The number of hydrogen-bond donors (Lipinski definition) is 6. The Kier molecular flexibility index (Phi) is 12.1. The molecule has 298 valence electrons. The highest BCUT2D eigenvalue weighted by atomic mass is 16.8. The summed E-state index contributed by atoms with van der Waals surface area (Å²) in [5.41, 5.74) is -1.49. The van der Waals surface area contributed by atoms with Crippen LogP contribution in [0.4, 0.5) is 0 Å². The first-order chi connectivity index (χ1) is 25.9. The fraction of sp³-hybridized carbons (Fsp3) is 0.457. The van der Waals surface area contributed by atoms with Crippen molar-refractivity contribution in [2.75, 3.05) is 6.61 Å². The van der Waals surface area contributed by atoms with E-state index in [1.807, 2.05) is 0 Å². The third-order valence-electron chi connectivity index (χ3n) is 8.39. The average Bonchev–Trinajstić information content (AvgIpc) is 3.08. The zero-order valence-electron chi connectivity index (χ0n) is 29.8. The molecule has 2 fully saturated rings. The Labute approximate surface area is 310 Å². The lowest BCUT2D eigenvalue weighted by atomic mass is 9.98. The van der Waals surface area contributed by atoms with Crippen molar-refractivity contribution in [3.63, 3.8) is 0 Å². The van der Waals surface area contributed by atoms with E-state index in [1.54, 1.807) is 0 Å². The van der Waals surface area contributed by atoms with Gasteiger partial charge in [-0.1, -0.05) is 0 Å². The molecule has 0 radical (unpaired) electrons. The van der Waals surface area contributed by atoms with Crippen LogP contribution >= 0.6 is 0 Å². The van der Waals surface area contributed by atoms with Crippen LogP contribution in [-0.2, 0) is 52.3 Å². The highest BCUT2D eigenvalue weighted by Crippen LogP contribution is 2.40. The summed E-state index contributed by atoms with van der Waals surface area (Å²) in [5.74, 6) is -6.99. The van der Waals surface area contributed by atoms with E-state index < -0.39 is 137 Å². The highest BCUT2D eigenvalue weighted by Gasteiger charge is 2.53. The van der Waals surface area contributed by atoms with Gasteiger partial charge >= 0.3 is 23.9 Å². The van der Waals surface area contributed by atoms with Gasteiger partial charge in [-0.3, -0.25) is 24.0 Å². The number of carbonyl (C=O) groups excluding carboxylic acids is 4. The summed E-state index contributed by atoms with van der Waals surface area (Å²) in [5, 5.41) is 62.5. The van der Waals surface area contributed by atoms with Gasteiger partial charge in [0.2, 0.25) is 17.5 Å². The normalized spacial score (nSPS) is 27.8. The maximum atomic E-state index is 13.9. The lowest BCUT2D eigenvalue weighted by Gasteiger charge is -2.45. The van der Waals surface area contributed by atoms with Gasteiger partial charge in [0.05, 0.1) is 12.7 Å². The Balaban J connectivity index is 1.51. The smallest absolute Gasteiger partial charge is 0.303 e. The van der Waals surface area contributed by atoms with Crippen LogP contribution < -0.4 is 10.2 Å². The molecule has 20 nitrogen and oxygen atoms in total. The van der Waals surface area contributed by atoms with Crippen LogP contribution in [0.2, 0.25) is 0 Å². The quantitative estimate of drug-likeness (QED) is 0.0933. The molecule has 5 rings (SSSR count). The molecular weight excluding hydrogens is 740 g/mol. The second kappa shape index (κ2) is 16.4. The predicted octanol–water partition coefficient (Wildman–Crippen LogP) is 0.596. The number of aromatic hydroxyl groups is 4. The number of ether oxygens (including phenoxy) is 8. The summed E-state index contributed by atoms with van der Waals surface area (Å²) in [6, 6.07) is 5.13. The summed E-state index contributed by atoms with van der Waals surface area (Å²) in [6.07, 6.45) is -16.2. The molecule has 10 unspecified atom stereocenters. The molecule has 55 heavy (non-hydrogen) atoms. The molecule has 3 aromatic rings. The number of hydrogen-bond acceptors (Lipinski definition) is 20. The van der Waals surface area contributed by atoms with Gasteiger partial charge < -0.3 is 73.0 Å². The largest absolute Gasteiger partial charge is 0.508 e. The van der Waals surface area contributed by atoms with E-state index in [2.05, 4.69) is 0 Å². The molecule has 0 amide bonds. The molecule has 0 bridgehead atoms. The summed E-state index contributed by atoms with van der Waals surface area (Å²) in [7, 11) is 0. The number of benzene rings is 2. The Hall–Kier alpha value is -5.67. The molecule has 2 aromatic carbocycles. The fourth-order valence-corrected chi connectivity index (χ4v) is 6.11. The maximum Gasteiger partial charge on any atom is 0.303 e. The Morgan fingerprint density at radius 3 is 1.91 bits per heavy atom. The van der Waals surface area contributed by atoms with Gasteiger partial charge in [0.25, 0.3) is 0 Å². The van der Waals surface area contributed by atoms with Crippen molar-refractivity contribution in [2.45, 2.75) is 96.0 Å². The van der Waals surface area contributed by atoms with Gasteiger partial charge in [0.15, 0.2) is 48.0 Å². The zero-order valence-corrected chi connectivity index (χ0v) is 29.8. The molecule has 6 N–H and O–H groups in total. The molecule has 20 heteroatoms. The molecule has 2 aliphatic rings. The van der Waals surface area contributed by atoms with Crippen molar-refractivity contribution in [3.8, 4) is 40.1 Å². The number of rotatable bonds is 10. The Bertz CT molecular complexity index is 2010. The zero-order chi connectivity index (χ0) is 40.5. The van der Waals surface area contributed by atoms with Crippen LogP contribution in [0.1, 0.15) is 34.6 Å². The predicted molar refractivity (Wildman–Crippen MR) is 178 cm³/mol. The summed E-state index contributed by atoms with van der Waals surface area (Å²) in [6.45, 7) is 4.96. The summed E-state index contributed by atoms with van der Waals surface area (Å²) in [4.78, 5) is 62.1. The molecular formula is C35H38O20. The van der Waals surface area contributed by atoms with Crippen LogP contribution in [0, 0.1) is 0 Å². The van der Waals surface area contributed by atoms with Crippen LogP contribution in [0.25, 0.3) is 22.3 Å². The topological polar surface area (TPSA) is 294 Å². The third-order valence-corrected chi connectivity index (χ3v) is 8.39. The van der Waals surface area contributed by atoms with E-state index in [4.69, 9.17) is 42.3 Å². The molecule has 3 heterocycles. The second-order valence-corrected chi connectivity index (χ2v) is 12.6. The van der Waals surface area contributed by atoms with Crippen molar-refractivity contribution in [3.05, 3.63) is 40.6 Å². The summed E-state index contributed by atoms with van der Waals surface area (Å²) >= 11 is 0. The van der Waals surface area contributed by atoms with Gasteiger partial charge in [0.1, 0.15) is 40.8 Å². The number of aliphatic hydroxyl groups excluding tert-OH is 2. The molecule has 2 saturated heterocycles. The van der Waals surface area contributed by atoms with Crippen molar-refractivity contribution in [1.82, 2.24) is 0 Å². The first kappa shape index (κ1) is 40.5. The average molecular weight is 779 g/mol.